The highest BCUT2D eigenvalue weighted by molar-refractivity contribution is 5.66. The van der Waals surface area contributed by atoms with Crippen LogP contribution in [0.5, 0.6) is 0 Å². The predicted octanol–water partition coefficient (Wildman–Crippen LogP) is 3.08. The monoisotopic (exact) mass is 235 g/mol. The summed E-state index contributed by atoms with van der Waals surface area (Å²) in [7, 11) is 0. The average molecular weight is 235 g/mol. The summed E-state index contributed by atoms with van der Waals surface area (Å²) in [4.78, 5) is 12.8. The Kier molecular flexibility index (Phi) is 5.53. The Morgan fingerprint density at radius 3 is 2.71 bits per heavy atom. The van der Waals surface area contributed by atoms with Crippen LogP contribution in [0.25, 0.3) is 0 Å². The van der Waals surface area contributed by atoms with Crippen molar-refractivity contribution in [3.63, 3.8) is 0 Å². The summed E-state index contributed by atoms with van der Waals surface area (Å²) < 4.78 is 0. The molecule has 0 bridgehead atoms. The Morgan fingerprint density at radius 2 is 2.12 bits per heavy atom. The molecule has 0 saturated heterocycles. The van der Waals surface area contributed by atoms with Crippen LogP contribution in [0.3, 0.4) is 0 Å². The molecule has 0 atom stereocenters. The van der Waals surface area contributed by atoms with Crippen molar-refractivity contribution in [3.8, 4) is 0 Å². The van der Waals surface area contributed by atoms with Gasteiger partial charge in [0.1, 0.15) is 0 Å². The highest BCUT2D eigenvalue weighted by Gasteiger charge is 2.06. The molecule has 0 saturated carbocycles. The summed E-state index contributed by atoms with van der Waals surface area (Å²) in [5, 5.41) is 8.65. The van der Waals surface area contributed by atoms with E-state index in [4.69, 9.17) is 5.11 Å². The van der Waals surface area contributed by atoms with E-state index in [-0.39, 0.29) is 6.42 Å². The Labute approximate surface area is 103 Å². The van der Waals surface area contributed by atoms with E-state index in [0.29, 0.717) is 6.42 Å². The van der Waals surface area contributed by atoms with Gasteiger partial charge in [0.05, 0.1) is 0 Å². The topological polar surface area (TPSA) is 40.5 Å². The van der Waals surface area contributed by atoms with Crippen LogP contribution in [0, 0.1) is 6.92 Å². The maximum atomic E-state index is 10.5. The first-order valence-electron chi connectivity index (χ1n) is 6.17. The zero-order valence-electron chi connectivity index (χ0n) is 10.6. The molecule has 1 rings (SSSR count). The number of aliphatic carboxylic acids is 1. The Bertz CT molecular complexity index is 363. The zero-order chi connectivity index (χ0) is 12.7. The SMILES string of the molecule is CCCN(CCCC(=O)O)c1cccc(C)c1. The molecule has 1 N–H and O–H groups in total. The molecular formula is C14H21NO2. The van der Waals surface area contributed by atoms with E-state index in [0.717, 1.165) is 19.5 Å². The van der Waals surface area contributed by atoms with E-state index in [1.54, 1.807) is 0 Å². The number of carboxylic acid groups (broad SMARTS) is 1. The van der Waals surface area contributed by atoms with Crippen molar-refractivity contribution in [2.75, 3.05) is 18.0 Å². The average Bonchev–Trinajstić information content (AvgIpc) is 2.27. The third-order valence-corrected chi connectivity index (χ3v) is 2.68. The zero-order valence-corrected chi connectivity index (χ0v) is 10.6. The number of hydrogen-bond donors (Lipinski definition) is 1. The molecule has 0 spiro atoms. The van der Waals surface area contributed by atoms with Crippen molar-refractivity contribution in [2.45, 2.75) is 33.1 Å². The molecule has 0 aliphatic rings. The molecule has 0 aliphatic heterocycles. The van der Waals surface area contributed by atoms with Crippen LogP contribution >= 0.6 is 0 Å². The number of benzene rings is 1. The third kappa shape index (κ3) is 4.89. The van der Waals surface area contributed by atoms with Crippen molar-refractivity contribution in [3.05, 3.63) is 29.8 Å². The van der Waals surface area contributed by atoms with E-state index in [1.807, 2.05) is 6.07 Å². The molecule has 0 heterocycles. The maximum Gasteiger partial charge on any atom is 0.303 e. The fourth-order valence-electron chi connectivity index (χ4n) is 1.89. The van der Waals surface area contributed by atoms with Crippen LogP contribution in [0.2, 0.25) is 0 Å². The van der Waals surface area contributed by atoms with Crippen LogP contribution in [-0.4, -0.2) is 24.2 Å². The number of carbonyl (C=O) groups is 1. The van der Waals surface area contributed by atoms with Crippen molar-refractivity contribution in [1.29, 1.82) is 0 Å². The van der Waals surface area contributed by atoms with Gasteiger partial charge in [-0.3, -0.25) is 4.79 Å². The van der Waals surface area contributed by atoms with Crippen LogP contribution < -0.4 is 4.90 Å². The summed E-state index contributed by atoms with van der Waals surface area (Å²) >= 11 is 0. The minimum absolute atomic E-state index is 0.242. The summed E-state index contributed by atoms with van der Waals surface area (Å²) in [5.74, 6) is -0.717. The van der Waals surface area contributed by atoms with Crippen LogP contribution in [-0.2, 0) is 4.79 Å². The molecule has 3 heteroatoms. The first-order valence-corrected chi connectivity index (χ1v) is 6.17. The van der Waals surface area contributed by atoms with Crippen molar-refractivity contribution in [2.24, 2.45) is 0 Å². The second-order valence-corrected chi connectivity index (χ2v) is 4.32. The summed E-state index contributed by atoms with van der Waals surface area (Å²) in [5.41, 5.74) is 2.43. The van der Waals surface area contributed by atoms with Crippen LogP contribution in [0.4, 0.5) is 5.69 Å². The molecule has 0 fully saturated rings. The molecule has 0 unspecified atom stereocenters. The minimum Gasteiger partial charge on any atom is -0.481 e. The number of nitrogens with zero attached hydrogens (tertiary/aromatic N) is 1. The Morgan fingerprint density at radius 1 is 1.35 bits per heavy atom. The van der Waals surface area contributed by atoms with Crippen molar-refractivity contribution >= 4 is 11.7 Å². The molecule has 0 aromatic heterocycles. The lowest BCUT2D eigenvalue weighted by Gasteiger charge is -2.24. The Hall–Kier alpha value is -1.51. The standard InChI is InChI=1S/C14H21NO2/c1-3-9-15(10-5-8-14(16)17)13-7-4-6-12(2)11-13/h4,6-7,11H,3,5,8-10H2,1-2H3,(H,16,17). The molecule has 17 heavy (non-hydrogen) atoms. The lowest BCUT2D eigenvalue weighted by molar-refractivity contribution is -0.137. The lowest BCUT2D eigenvalue weighted by atomic mass is 10.2. The quantitative estimate of drug-likeness (QED) is 0.789. The highest BCUT2D eigenvalue weighted by Crippen LogP contribution is 2.16. The molecule has 1 aromatic carbocycles. The van der Waals surface area contributed by atoms with Gasteiger partial charge in [-0.25, -0.2) is 0 Å². The smallest absolute Gasteiger partial charge is 0.303 e. The van der Waals surface area contributed by atoms with Crippen molar-refractivity contribution < 1.29 is 9.90 Å². The van der Waals surface area contributed by atoms with Gasteiger partial charge >= 0.3 is 5.97 Å². The van der Waals surface area contributed by atoms with Crippen LogP contribution in [0.1, 0.15) is 31.7 Å². The van der Waals surface area contributed by atoms with E-state index in [1.165, 1.54) is 11.3 Å². The maximum absolute atomic E-state index is 10.5. The van der Waals surface area contributed by atoms with Gasteiger partial charge < -0.3 is 10.0 Å². The molecule has 3 nitrogen and oxygen atoms in total. The van der Waals surface area contributed by atoms with Crippen molar-refractivity contribution in [1.82, 2.24) is 0 Å². The second-order valence-electron chi connectivity index (χ2n) is 4.32. The first-order chi connectivity index (χ1) is 8.13. The number of anilines is 1. The largest absolute Gasteiger partial charge is 0.481 e. The van der Waals surface area contributed by atoms with Gasteiger partial charge in [-0.15, -0.1) is 0 Å². The number of carboxylic acids is 1. The third-order valence-electron chi connectivity index (χ3n) is 2.68. The number of rotatable bonds is 7. The first kappa shape index (κ1) is 13.6. The van der Waals surface area contributed by atoms with Crippen LogP contribution in [0.15, 0.2) is 24.3 Å². The van der Waals surface area contributed by atoms with Gasteiger partial charge in [0.2, 0.25) is 0 Å². The second kappa shape index (κ2) is 6.94. The molecule has 0 radical (unpaired) electrons. The summed E-state index contributed by atoms with van der Waals surface area (Å²) in [6.45, 7) is 6.00. The fraction of sp³-hybridized carbons (Fsp3) is 0.500. The highest BCUT2D eigenvalue weighted by atomic mass is 16.4. The van der Waals surface area contributed by atoms with Gasteiger partial charge in [0.15, 0.2) is 0 Å². The van der Waals surface area contributed by atoms with E-state index < -0.39 is 5.97 Å². The minimum atomic E-state index is -0.717. The van der Waals surface area contributed by atoms with Gasteiger partial charge in [0, 0.05) is 25.2 Å². The molecular weight excluding hydrogens is 214 g/mol. The summed E-state index contributed by atoms with van der Waals surface area (Å²) in [6, 6.07) is 8.36. The van der Waals surface area contributed by atoms with Gasteiger partial charge in [-0.1, -0.05) is 19.1 Å². The fourth-order valence-corrected chi connectivity index (χ4v) is 1.89. The van der Waals surface area contributed by atoms with Gasteiger partial charge in [-0.2, -0.15) is 0 Å². The molecule has 94 valence electrons. The van der Waals surface area contributed by atoms with E-state index in [9.17, 15) is 4.79 Å². The Balaban J connectivity index is 2.61. The van der Waals surface area contributed by atoms with Gasteiger partial charge in [0.25, 0.3) is 0 Å². The predicted molar refractivity (Wildman–Crippen MR) is 70.6 cm³/mol. The normalized spacial score (nSPS) is 10.2. The molecule has 1 aromatic rings. The molecule has 0 amide bonds. The number of aryl methyl sites for hydroxylation is 1. The van der Waals surface area contributed by atoms with E-state index in [2.05, 4.69) is 36.9 Å². The number of hydrogen-bond acceptors (Lipinski definition) is 2. The molecule has 0 aliphatic carbocycles. The van der Waals surface area contributed by atoms with E-state index >= 15 is 0 Å². The lowest BCUT2D eigenvalue weighted by Crippen LogP contribution is -2.25. The van der Waals surface area contributed by atoms with Gasteiger partial charge in [-0.05, 0) is 37.5 Å². The summed E-state index contributed by atoms with van der Waals surface area (Å²) in [6.07, 6.45) is 2.01.